The average molecular weight is 356 g/mol. The van der Waals surface area contributed by atoms with Gasteiger partial charge in [0.05, 0.1) is 6.61 Å². The van der Waals surface area contributed by atoms with Gasteiger partial charge in [-0.2, -0.15) is 0 Å². The number of ether oxygens (including phenoxy) is 2. The molecule has 1 aliphatic heterocycles. The molecule has 26 heavy (non-hydrogen) atoms. The van der Waals surface area contributed by atoms with E-state index in [9.17, 15) is 9.59 Å². The number of hydrogen-bond acceptors (Lipinski definition) is 4. The van der Waals surface area contributed by atoms with Gasteiger partial charge < -0.3 is 19.3 Å². The van der Waals surface area contributed by atoms with Crippen molar-refractivity contribution in [1.29, 1.82) is 0 Å². The van der Waals surface area contributed by atoms with Crippen LogP contribution in [0.5, 0.6) is 5.75 Å². The van der Waals surface area contributed by atoms with Crippen molar-refractivity contribution in [2.75, 3.05) is 32.8 Å². The molecule has 0 unspecified atom stereocenters. The largest absolute Gasteiger partial charge is 0.480 e. The summed E-state index contributed by atoms with van der Waals surface area (Å²) in [6, 6.07) is 13.8. The maximum atomic E-state index is 12.7. The van der Waals surface area contributed by atoms with E-state index in [1.807, 2.05) is 42.5 Å². The van der Waals surface area contributed by atoms with E-state index >= 15 is 0 Å². The van der Waals surface area contributed by atoms with E-state index in [-0.39, 0.29) is 12.0 Å². The van der Waals surface area contributed by atoms with Gasteiger partial charge in [0.1, 0.15) is 5.75 Å². The van der Waals surface area contributed by atoms with Crippen LogP contribution < -0.4 is 4.74 Å². The van der Waals surface area contributed by atoms with Crippen molar-refractivity contribution in [3.8, 4) is 5.75 Å². The Bertz CT molecular complexity index is 779. The Labute approximate surface area is 153 Å². The Hall–Kier alpha value is -2.76. The zero-order chi connectivity index (χ0) is 18.5. The van der Waals surface area contributed by atoms with Crippen molar-refractivity contribution in [2.24, 2.45) is 0 Å². The SMILES string of the molecule is CCOC(=O)N1CCN(C(=O)[C@@H](C)Oc2cccc3ccccc23)CC1. The summed E-state index contributed by atoms with van der Waals surface area (Å²) in [4.78, 5) is 27.8. The Morgan fingerprint density at radius 2 is 1.65 bits per heavy atom. The molecule has 1 saturated heterocycles. The minimum atomic E-state index is -0.588. The van der Waals surface area contributed by atoms with Gasteiger partial charge >= 0.3 is 6.09 Å². The minimum absolute atomic E-state index is 0.0681. The highest BCUT2D eigenvalue weighted by atomic mass is 16.6. The summed E-state index contributed by atoms with van der Waals surface area (Å²) < 4.78 is 11.0. The molecule has 2 amide bonds. The third-order valence-electron chi connectivity index (χ3n) is 4.52. The van der Waals surface area contributed by atoms with E-state index in [0.29, 0.717) is 38.5 Å². The molecule has 2 aromatic carbocycles. The predicted octanol–water partition coefficient (Wildman–Crippen LogP) is 2.91. The number of piperazine rings is 1. The molecule has 0 aliphatic carbocycles. The Morgan fingerprint density at radius 1 is 1.00 bits per heavy atom. The summed E-state index contributed by atoms with van der Waals surface area (Å²) in [5.41, 5.74) is 0. The molecule has 0 spiro atoms. The van der Waals surface area contributed by atoms with Crippen LogP contribution in [0, 0.1) is 0 Å². The number of nitrogens with zero attached hydrogens (tertiary/aromatic N) is 2. The lowest BCUT2D eigenvalue weighted by molar-refractivity contribution is -0.139. The molecule has 3 rings (SSSR count). The lowest BCUT2D eigenvalue weighted by atomic mass is 10.1. The zero-order valence-corrected chi connectivity index (χ0v) is 15.2. The van der Waals surface area contributed by atoms with Gasteiger partial charge in [-0.05, 0) is 25.3 Å². The molecule has 6 nitrogen and oxygen atoms in total. The second-order valence-electron chi connectivity index (χ2n) is 6.25. The summed E-state index contributed by atoms with van der Waals surface area (Å²) >= 11 is 0. The van der Waals surface area contributed by atoms with Gasteiger partial charge in [-0.15, -0.1) is 0 Å². The second-order valence-corrected chi connectivity index (χ2v) is 6.25. The van der Waals surface area contributed by atoms with Gasteiger partial charge in [0.15, 0.2) is 6.10 Å². The number of carbonyl (C=O) groups is 2. The van der Waals surface area contributed by atoms with Gasteiger partial charge in [-0.25, -0.2) is 4.79 Å². The molecule has 0 radical (unpaired) electrons. The summed E-state index contributed by atoms with van der Waals surface area (Å²) in [6.07, 6.45) is -0.908. The third-order valence-corrected chi connectivity index (χ3v) is 4.52. The first-order chi connectivity index (χ1) is 12.6. The van der Waals surface area contributed by atoms with Crippen molar-refractivity contribution >= 4 is 22.8 Å². The van der Waals surface area contributed by atoms with Crippen molar-refractivity contribution in [3.63, 3.8) is 0 Å². The highest BCUT2D eigenvalue weighted by molar-refractivity contribution is 5.89. The summed E-state index contributed by atoms with van der Waals surface area (Å²) in [7, 11) is 0. The van der Waals surface area contributed by atoms with E-state index in [1.54, 1.807) is 23.6 Å². The Balaban J connectivity index is 1.61. The summed E-state index contributed by atoms with van der Waals surface area (Å²) in [5, 5.41) is 2.06. The van der Waals surface area contributed by atoms with E-state index in [1.165, 1.54) is 0 Å². The molecule has 1 heterocycles. The maximum absolute atomic E-state index is 12.7. The van der Waals surface area contributed by atoms with Crippen LogP contribution >= 0.6 is 0 Å². The molecule has 0 N–H and O–H groups in total. The zero-order valence-electron chi connectivity index (χ0n) is 15.2. The van der Waals surface area contributed by atoms with Crippen LogP contribution in [0.2, 0.25) is 0 Å². The molecule has 0 aromatic heterocycles. The normalized spacial score (nSPS) is 15.6. The molecule has 2 aromatic rings. The van der Waals surface area contributed by atoms with Crippen molar-refractivity contribution in [1.82, 2.24) is 9.80 Å². The number of amides is 2. The fourth-order valence-electron chi connectivity index (χ4n) is 3.12. The van der Waals surface area contributed by atoms with E-state index in [2.05, 4.69) is 0 Å². The second kappa shape index (κ2) is 8.08. The fraction of sp³-hybridized carbons (Fsp3) is 0.400. The first kappa shape index (κ1) is 18.0. The van der Waals surface area contributed by atoms with Gasteiger partial charge in [0.2, 0.25) is 0 Å². The lowest BCUT2D eigenvalue weighted by Crippen LogP contribution is -2.53. The van der Waals surface area contributed by atoms with Gasteiger partial charge in [-0.3, -0.25) is 4.79 Å². The van der Waals surface area contributed by atoms with Crippen LogP contribution in [0.15, 0.2) is 42.5 Å². The lowest BCUT2D eigenvalue weighted by Gasteiger charge is -2.35. The topological polar surface area (TPSA) is 59.1 Å². The molecule has 6 heteroatoms. The molecule has 138 valence electrons. The molecule has 1 atom stereocenters. The number of benzene rings is 2. The van der Waals surface area contributed by atoms with Crippen molar-refractivity contribution in [3.05, 3.63) is 42.5 Å². The van der Waals surface area contributed by atoms with Crippen molar-refractivity contribution < 1.29 is 19.1 Å². The summed E-state index contributed by atoms with van der Waals surface area (Å²) in [5.74, 6) is 0.635. The molecule has 0 bridgehead atoms. The van der Waals surface area contributed by atoms with Gasteiger partial charge in [-0.1, -0.05) is 36.4 Å². The monoisotopic (exact) mass is 356 g/mol. The highest BCUT2D eigenvalue weighted by Crippen LogP contribution is 2.26. The average Bonchev–Trinajstić information content (AvgIpc) is 2.68. The number of fused-ring (bicyclic) bond motifs is 1. The predicted molar refractivity (Wildman–Crippen MR) is 99.2 cm³/mol. The summed E-state index contributed by atoms with van der Waals surface area (Å²) in [6.45, 7) is 5.83. The van der Waals surface area contributed by atoms with Crippen LogP contribution in [0.25, 0.3) is 10.8 Å². The van der Waals surface area contributed by atoms with Crippen LogP contribution in [0.4, 0.5) is 4.79 Å². The van der Waals surface area contributed by atoms with Gasteiger partial charge in [0.25, 0.3) is 5.91 Å². The maximum Gasteiger partial charge on any atom is 0.409 e. The fourth-order valence-corrected chi connectivity index (χ4v) is 3.12. The highest BCUT2D eigenvalue weighted by Gasteiger charge is 2.28. The van der Waals surface area contributed by atoms with Crippen LogP contribution in [0.3, 0.4) is 0 Å². The van der Waals surface area contributed by atoms with E-state index in [4.69, 9.17) is 9.47 Å². The Kier molecular flexibility index (Phi) is 5.61. The van der Waals surface area contributed by atoms with Crippen molar-refractivity contribution in [2.45, 2.75) is 20.0 Å². The standard InChI is InChI=1S/C20H24N2O4/c1-3-25-20(24)22-13-11-21(12-14-22)19(23)15(2)26-18-10-6-8-16-7-4-5-9-17(16)18/h4-10,15H,3,11-14H2,1-2H3/t15-/m1/s1. The number of rotatable bonds is 4. The molecular formula is C20H24N2O4. The Morgan fingerprint density at radius 3 is 2.38 bits per heavy atom. The van der Waals surface area contributed by atoms with Gasteiger partial charge in [0, 0.05) is 31.6 Å². The molecule has 1 fully saturated rings. The minimum Gasteiger partial charge on any atom is -0.480 e. The first-order valence-corrected chi connectivity index (χ1v) is 8.95. The number of carbonyl (C=O) groups excluding carboxylic acids is 2. The molecular weight excluding hydrogens is 332 g/mol. The third kappa shape index (κ3) is 3.90. The van der Waals surface area contributed by atoms with E-state index in [0.717, 1.165) is 10.8 Å². The van der Waals surface area contributed by atoms with Crippen LogP contribution in [0.1, 0.15) is 13.8 Å². The smallest absolute Gasteiger partial charge is 0.409 e. The molecule has 0 saturated carbocycles. The number of hydrogen-bond donors (Lipinski definition) is 0. The van der Waals surface area contributed by atoms with Crippen LogP contribution in [-0.2, 0) is 9.53 Å². The first-order valence-electron chi connectivity index (χ1n) is 8.95. The van der Waals surface area contributed by atoms with E-state index < -0.39 is 6.10 Å². The van der Waals surface area contributed by atoms with Crippen LogP contribution in [-0.4, -0.2) is 60.7 Å². The quantitative estimate of drug-likeness (QED) is 0.845. The molecule has 1 aliphatic rings.